The highest BCUT2D eigenvalue weighted by Crippen LogP contribution is 2.25. The van der Waals surface area contributed by atoms with Crippen molar-refractivity contribution in [3.63, 3.8) is 0 Å². The molecular formula is C18H16N2O3. The summed E-state index contributed by atoms with van der Waals surface area (Å²) in [6, 6.07) is 13.7. The van der Waals surface area contributed by atoms with Gasteiger partial charge in [0.15, 0.2) is 0 Å². The summed E-state index contributed by atoms with van der Waals surface area (Å²) in [5.74, 6) is -0.117. The molecule has 116 valence electrons. The zero-order chi connectivity index (χ0) is 16.8. The van der Waals surface area contributed by atoms with Crippen LogP contribution in [0.2, 0.25) is 0 Å². The Morgan fingerprint density at radius 2 is 1.96 bits per heavy atom. The Hall–Kier alpha value is -3.26. The van der Waals surface area contributed by atoms with E-state index in [2.05, 4.69) is 5.32 Å². The second-order valence-corrected chi connectivity index (χ2v) is 4.91. The van der Waals surface area contributed by atoms with Crippen molar-refractivity contribution in [1.82, 2.24) is 0 Å². The molecule has 2 aromatic rings. The number of nitrogens with one attached hydrogen (secondary N) is 1. The average molecular weight is 308 g/mol. The van der Waals surface area contributed by atoms with Crippen LogP contribution >= 0.6 is 0 Å². The van der Waals surface area contributed by atoms with E-state index in [-0.39, 0.29) is 11.3 Å². The van der Waals surface area contributed by atoms with Crippen molar-refractivity contribution in [3.05, 3.63) is 59.2 Å². The highest BCUT2D eigenvalue weighted by molar-refractivity contribution is 6.09. The van der Waals surface area contributed by atoms with E-state index in [1.54, 1.807) is 24.3 Å². The number of hydrogen-bond acceptors (Lipinski definition) is 4. The molecule has 1 amide bonds. The van der Waals surface area contributed by atoms with Crippen LogP contribution in [0.15, 0.2) is 48.0 Å². The largest absolute Gasteiger partial charge is 0.507 e. The monoisotopic (exact) mass is 308 g/mol. The van der Waals surface area contributed by atoms with Gasteiger partial charge in [-0.05, 0) is 37.3 Å². The van der Waals surface area contributed by atoms with Gasteiger partial charge in [-0.2, -0.15) is 5.26 Å². The number of anilines is 1. The lowest BCUT2D eigenvalue weighted by atomic mass is 10.1. The van der Waals surface area contributed by atoms with E-state index in [1.807, 2.05) is 25.1 Å². The first-order chi connectivity index (χ1) is 11.0. The van der Waals surface area contributed by atoms with Crippen LogP contribution in [0.4, 0.5) is 5.69 Å². The second kappa shape index (κ2) is 7.14. The molecule has 0 aliphatic heterocycles. The lowest BCUT2D eigenvalue weighted by Crippen LogP contribution is -2.13. The molecule has 23 heavy (non-hydrogen) atoms. The van der Waals surface area contributed by atoms with Gasteiger partial charge in [0.05, 0.1) is 7.11 Å². The van der Waals surface area contributed by atoms with Crippen LogP contribution in [0.3, 0.4) is 0 Å². The third-order valence-electron chi connectivity index (χ3n) is 3.21. The standard InChI is InChI=1S/C18H16N2O3/c1-12-3-6-15(7-4-12)20-18(22)14(11-19)9-13-5-8-16(23-2)10-17(13)21/h3-10,21H,1-2H3,(H,20,22)/b14-9+. The van der Waals surface area contributed by atoms with Crippen LogP contribution < -0.4 is 10.1 Å². The number of phenolic OH excluding ortho intramolecular Hbond substituents is 1. The smallest absolute Gasteiger partial charge is 0.266 e. The molecule has 0 aliphatic carbocycles. The van der Waals surface area contributed by atoms with Crippen molar-refractivity contribution in [3.8, 4) is 17.6 Å². The van der Waals surface area contributed by atoms with Gasteiger partial charge < -0.3 is 15.2 Å². The molecule has 2 rings (SSSR count). The summed E-state index contributed by atoms with van der Waals surface area (Å²) in [7, 11) is 1.49. The Labute approximate surface area is 134 Å². The summed E-state index contributed by atoms with van der Waals surface area (Å²) in [6.45, 7) is 1.94. The number of methoxy groups -OCH3 is 1. The predicted octanol–water partition coefficient (Wildman–Crippen LogP) is 3.25. The Bertz CT molecular complexity index is 787. The van der Waals surface area contributed by atoms with Crippen molar-refractivity contribution < 1.29 is 14.6 Å². The zero-order valence-corrected chi connectivity index (χ0v) is 12.8. The number of carbonyl (C=O) groups excluding carboxylic acids is 1. The highest BCUT2D eigenvalue weighted by Gasteiger charge is 2.11. The molecule has 0 saturated carbocycles. The van der Waals surface area contributed by atoms with Crippen molar-refractivity contribution >= 4 is 17.7 Å². The third-order valence-corrected chi connectivity index (χ3v) is 3.21. The van der Waals surface area contributed by atoms with Crippen LogP contribution in [0.1, 0.15) is 11.1 Å². The maximum Gasteiger partial charge on any atom is 0.266 e. The van der Waals surface area contributed by atoms with E-state index in [4.69, 9.17) is 4.74 Å². The number of benzene rings is 2. The Morgan fingerprint density at radius 1 is 1.26 bits per heavy atom. The van der Waals surface area contributed by atoms with E-state index in [1.165, 1.54) is 19.3 Å². The number of aromatic hydroxyl groups is 1. The first-order valence-electron chi connectivity index (χ1n) is 6.90. The lowest BCUT2D eigenvalue weighted by Gasteiger charge is -2.06. The van der Waals surface area contributed by atoms with Gasteiger partial charge in [0, 0.05) is 17.3 Å². The number of carbonyl (C=O) groups is 1. The van der Waals surface area contributed by atoms with Crippen LogP contribution in [0.25, 0.3) is 6.08 Å². The Kier molecular flexibility index (Phi) is 5.00. The molecule has 2 N–H and O–H groups in total. The maximum absolute atomic E-state index is 12.2. The fraction of sp³-hybridized carbons (Fsp3) is 0.111. The molecule has 0 atom stereocenters. The molecule has 0 saturated heterocycles. The number of nitrogens with zero attached hydrogens (tertiary/aromatic N) is 1. The van der Waals surface area contributed by atoms with Crippen LogP contribution in [0.5, 0.6) is 11.5 Å². The minimum atomic E-state index is -0.536. The maximum atomic E-state index is 12.2. The van der Waals surface area contributed by atoms with Crippen LogP contribution in [0, 0.1) is 18.3 Å². The highest BCUT2D eigenvalue weighted by atomic mass is 16.5. The number of aryl methyl sites for hydroxylation is 1. The summed E-state index contributed by atoms with van der Waals surface area (Å²) in [5, 5.41) is 21.7. The molecule has 0 radical (unpaired) electrons. The van der Waals surface area contributed by atoms with Gasteiger partial charge in [0.1, 0.15) is 23.1 Å². The van der Waals surface area contributed by atoms with Gasteiger partial charge in [-0.1, -0.05) is 17.7 Å². The molecule has 0 aliphatic rings. The molecule has 5 heteroatoms. The third kappa shape index (κ3) is 4.11. The minimum absolute atomic E-state index is 0.0692. The van der Waals surface area contributed by atoms with Crippen molar-refractivity contribution in [1.29, 1.82) is 5.26 Å². The normalized spacial score (nSPS) is 10.7. The van der Waals surface area contributed by atoms with Gasteiger partial charge in [-0.25, -0.2) is 0 Å². The summed E-state index contributed by atoms with van der Waals surface area (Å²) >= 11 is 0. The first-order valence-corrected chi connectivity index (χ1v) is 6.90. The quantitative estimate of drug-likeness (QED) is 0.671. The molecule has 0 unspecified atom stereocenters. The van der Waals surface area contributed by atoms with E-state index < -0.39 is 5.91 Å². The molecule has 0 bridgehead atoms. The van der Waals surface area contributed by atoms with Gasteiger partial charge in [0.2, 0.25) is 0 Å². The summed E-state index contributed by atoms with van der Waals surface area (Å²) in [4.78, 5) is 12.2. The van der Waals surface area contributed by atoms with E-state index >= 15 is 0 Å². The Balaban J connectivity index is 2.23. The minimum Gasteiger partial charge on any atom is -0.507 e. The molecule has 2 aromatic carbocycles. The van der Waals surface area contributed by atoms with Gasteiger partial charge in [0.25, 0.3) is 5.91 Å². The van der Waals surface area contributed by atoms with E-state index in [9.17, 15) is 15.2 Å². The predicted molar refractivity (Wildman–Crippen MR) is 88.1 cm³/mol. The summed E-state index contributed by atoms with van der Waals surface area (Å²) in [6.07, 6.45) is 1.33. The zero-order valence-electron chi connectivity index (χ0n) is 12.8. The van der Waals surface area contributed by atoms with Gasteiger partial charge >= 0.3 is 0 Å². The molecule has 0 aromatic heterocycles. The summed E-state index contributed by atoms with van der Waals surface area (Å²) in [5.41, 5.74) is 1.93. The van der Waals surface area contributed by atoms with E-state index in [0.29, 0.717) is 17.0 Å². The van der Waals surface area contributed by atoms with Gasteiger partial charge in [-0.3, -0.25) is 4.79 Å². The number of amides is 1. The van der Waals surface area contributed by atoms with E-state index in [0.717, 1.165) is 5.56 Å². The first kappa shape index (κ1) is 16.1. The Morgan fingerprint density at radius 3 is 2.52 bits per heavy atom. The number of phenols is 1. The fourth-order valence-electron chi connectivity index (χ4n) is 1.91. The number of ether oxygens (including phenoxy) is 1. The van der Waals surface area contributed by atoms with Crippen molar-refractivity contribution in [2.75, 3.05) is 12.4 Å². The molecule has 0 fully saturated rings. The average Bonchev–Trinajstić information content (AvgIpc) is 2.55. The molecular weight excluding hydrogens is 292 g/mol. The van der Waals surface area contributed by atoms with Gasteiger partial charge in [-0.15, -0.1) is 0 Å². The van der Waals surface area contributed by atoms with Crippen molar-refractivity contribution in [2.45, 2.75) is 6.92 Å². The number of rotatable bonds is 4. The second-order valence-electron chi connectivity index (χ2n) is 4.91. The SMILES string of the molecule is COc1ccc(/C=C(\C#N)C(=O)Nc2ccc(C)cc2)c(O)c1. The fourth-order valence-corrected chi connectivity index (χ4v) is 1.91. The molecule has 0 spiro atoms. The topological polar surface area (TPSA) is 82.3 Å². The lowest BCUT2D eigenvalue weighted by molar-refractivity contribution is -0.112. The van der Waals surface area contributed by atoms with Crippen LogP contribution in [-0.4, -0.2) is 18.1 Å². The number of nitriles is 1. The van der Waals surface area contributed by atoms with Crippen LogP contribution in [-0.2, 0) is 4.79 Å². The number of hydrogen-bond donors (Lipinski definition) is 2. The summed E-state index contributed by atoms with van der Waals surface area (Å²) < 4.78 is 4.99. The molecule has 0 heterocycles. The molecule has 5 nitrogen and oxygen atoms in total. The van der Waals surface area contributed by atoms with Crippen molar-refractivity contribution in [2.24, 2.45) is 0 Å².